The molecular weight excluding hydrogens is 242 g/mol. The fourth-order valence-electron chi connectivity index (χ4n) is 2.62. The van der Waals surface area contributed by atoms with E-state index in [0.717, 1.165) is 6.54 Å². The van der Waals surface area contributed by atoms with Gasteiger partial charge in [0, 0.05) is 23.8 Å². The van der Waals surface area contributed by atoms with E-state index in [-0.39, 0.29) is 12.0 Å². The molecule has 1 N–H and O–H groups in total. The van der Waals surface area contributed by atoms with E-state index in [0.29, 0.717) is 6.04 Å². The molecule has 0 radical (unpaired) electrons. The van der Waals surface area contributed by atoms with Crippen LogP contribution in [0, 0.1) is 0 Å². The first-order chi connectivity index (χ1) is 8.65. The molecule has 1 aliphatic heterocycles. The lowest BCUT2D eigenvalue weighted by molar-refractivity contribution is 0.140. The summed E-state index contributed by atoms with van der Waals surface area (Å²) in [7, 11) is 2.19. The predicted octanol–water partition coefficient (Wildman–Crippen LogP) is 2.37. The van der Waals surface area contributed by atoms with Gasteiger partial charge in [0.15, 0.2) is 0 Å². The molecule has 0 amide bonds. The number of benzene rings is 1. The second kappa shape index (κ2) is 6.09. The van der Waals surface area contributed by atoms with Gasteiger partial charge in [-0.2, -0.15) is 11.8 Å². The van der Waals surface area contributed by atoms with E-state index < -0.39 is 0 Å². The van der Waals surface area contributed by atoms with Crippen LogP contribution in [0.15, 0.2) is 30.3 Å². The molecule has 2 nitrogen and oxygen atoms in total. The minimum Gasteiger partial charge on any atom is -0.395 e. The SMILES string of the molecule is CN(CC(C)(CO)c1ccccc1)C1CCSC1. The molecule has 0 saturated carbocycles. The summed E-state index contributed by atoms with van der Waals surface area (Å²) >= 11 is 2.04. The quantitative estimate of drug-likeness (QED) is 0.884. The summed E-state index contributed by atoms with van der Waals surface area (Å²) in [6.45, 7) is 3.26. The third kappa shape index (κ3) is 3.08. The van der Waals surface area contributed by atoms with Crippen molar-refractivity contribution in [1.29, 1.82) is 0 Å². The van der Waals surface area contributed by atoms with Crippen LogP contribution in [0.25, 0.3) is 0 Å². The van der Waals surface area contributed by atoms with Gasteiger partial charge in [-0.3, -0.25) is 0 Å². The highest BCUT2D eigenvalue weighted by molar-refractivity contribution is 7.99. The highest BCUT2D eigenvalue weighted by Crippen LogP contribution is 2.28. The molecule has 0 spiro atoms. The van der Waals surface area contributed by atoms with Gasteiger partial charge in [0.05, 0.1) is 6.61 Å². The Hall–Kier alpha value is -0.510. The van der Waals surface area contributed by atoms with Crippen LogP contribution in [0.2, 0.25) is 0 Å². The molecule has 18 heavy (non-hydrogen) atoms. The second-order valence-electron chi connectivity index (χ2n) is 5.52. The molecule has 1 aromatic rings. The smallest absolute Gasteiger partial charge is 0.0537 e. The lowest BCUT2D eigenvalue weighted by Gasteiger charge is -2.35. The van der Waals surface area contributed by atoms with E-state index in [1.54, 1.807) is 0 Å². The number of nitrogens with zero attached hydrogens (tertiary/aromatic N) is 1. The van der Waals surface area contributed by atoms with Crippen LogP contribution in [-0.4, -0.2) is 47.8 Å². The van der Waals surface area contributed by atoms with Crippen molar-refractivity contribution in [2.24, 2.45) is 0 Å². The lowest BCUT2D eigenvalue weighted by Crippen LogP contribution is -2.44. The van der Waals surface area contributed by atoms with Crippen LogP contribution in [0.1, 0.15) is 18.9 Å². The van der Waals surface area contributed by atoms with Crippen LogP contribution in [0.3, 0.4) is 0 Å². The zero-order chi connectivity index (χ0) is 13.0. The van der Waals surface area contributed by atoms with Crippen LogP contribution in [0.5, 0.6) is 0 Å². The summed E-state index contributed by atoms with van der Waals surface area (Å²) in [6, 6.07) is 11.0. The highest BCUT2D eigenvalue weighted by atomic mass is 32.2. The topological polar surface area (TPSA) is 23.5 Å². The first kappa shape index (κ1) is 13.9. The van der Waals surface area contributed by atoms with E-state index >= 15 is 0 Å². The van der Waals surface area contributed by atoms with Crippen molar-refractivity contribution >= 4 is 11.8 Å². The molecule has 1 aliphatic rings. The third-order valence-corrected chi connectivity index (χ3v) is 5.09. The number of rotatable bonds is 5. The van der Waals surface area contributed by atoms with Crippen molar-refractivity contribution in [3.05, 3.63) is 35.9 Å². The normalized spacial score (nSPS) is 23.2. The number of hydrogen-bond acceptors (Lipinski definition) is 3. The summed E-state index contributed by atoms with van der Waals surface area (Å²) < 4.78 is 0. The average molecular weight is 265 g/mol. The molecule has 2 rings (SSSR count). The van der Waals surface area contributed by atoms with E-state index in [4.69, 9.17) is 0 Å². The molecule has 1 aromatic carbocycles. The van der Waals surface area contributed by atoms with Gasteiger partial charge in [-0.05, 0) is 24.8 Å². The molecule has 1 fully saturated rings. The van der Waals surface area contributed by atoms with Crippen molar-refractivity contribution in [1.82, 2.24) is 4.90 Å². The Morgan fingerprint density at radius 1 is 1.39 bits per heavy atom. The Bertz CT molecular complexity index is 364. The first-order valence-electron chi connectivity index (χ1n) is 6.60. The largest absolute Gasteiger partial charge is 0.395 e. The molecular formula is C15H23NOS. The minimum absolute atomic E-state index is 0.163. The van der Waals surface area contributed by atoms with Crippen LogP contribution in [-0.2, 0) is 5.41 Å². The van der Waals surface area contributed by atoms with E-state index in [9.17, 15) is 5.11 Å². The summed E-state index contributed by atoms with van der Waals surface area (Å²) in [6.07, 6.45) is 1.28. The molecule has 100 valence electrons. The Kier molecular flexibility index (Phi) is 4.71. The van der Waals surface area contributed by atoms with Gasteiger partial charge in [-0.1, -0.05) is 37.3 Å². The average Bonchev–Trinajstić information content (AvgIpc) is 2.93. The van der Waals surface area contributed by atoms with Crippen LogP contribution < -0.4 is 0 Å². The van der Waals surface area contributed by atoms with Gasteiger partial charge in [0.2, 0.25) is 0 Å². The number of hydrogen-bond donors (Lipinski definition) is 1. The van der Waals surface area contributed by atoms with Crippen molar-refractivity contribution in [3.8, 4) is 0 Å². The zero-order valence-corrected chi connectivity index (χ0v) is 12.1. The van der Waals surface area contributed by atoms with Gasteiger partial charge in [-0.15, -0.1) is 0 Å². The van der Waals surface area contributed by atoms with Gasteiger partial charge in [0.25, 0.3) is 0 Å². The van der Waals surface area contributed by atoms with Crippen molar-refractivity contribution < 1.29 is 5.11 Å². The summed E-state index contributed by atoms with van der Waals surface area (Å²) in [5, 5.41) is 9.80. The number of aliphatic hydroxyl groups excluding tert-OH is 1. The molecule has 1 saturated heterocycles. The highest BCUT2D eigenvalue weighted by Gasteiger charge is 2.30. The first-order valence-corrected chi connectivity index (χ1v) is 7.75. The molecule has 0 bridgehead atoms. The molecule has 0 aromatic heterocycles. The fraction of sp³-hybridized carbons (Fsp3) is 0.600. The maximum atomic E-state index is 9.80. The van der Waals surface area contributed by atoms with Crippen molar-refractivity contribution in [2.45, 2.75) is 24.8 Å². The zero-order valence-electron chi connectivity index (χ0n) is 11.3. The Morgan fingerprint density at radius 3 is 2.67 bits per heavy atom. The van der Waals surface area contributed by atoms with Gasteiger partial charge in [0.1, 0.15) is 0 Å². The van der Waals surface area contributed by atoms with Gasteiger partial charge < -0.3 is 10.0 Å². The number of aliphatic hydroxyl groups is 1. The molecule has 0 aliphatic carbocycles. The fourth-order valence-corrected chi connectivity index (χ4v) is 3.92. The summed E-state index contributed by atoms with van der Waals surface area (Å²) in [4.78, 5) is 2.42. The van der Waals surface area contributed by atoms with E-state index in [2.05, 4.69) is 43.1 Å². The molecule has 2 unspecified atom stereocenters. The monoisotopic (exact) mass is 265 g/mol. The van der Waals surface area contributed by atoms with Crippen molar-refractivity contribution in [2.75, 3.05) is 31.7 Å². The molecule has 2 atom stereocenters. The molecule has 1 heterocycles. The van der Waals surface area contributed by atoms with E-state index in [1.807, 2.05) is 17.8 Å². The minimum atomic E-state index is -0.163. The van der Waals surface area contributed by atoms with Crippen LogP contribution >= 0.6 is 11.8 Å². The third-order valence-electron chi connectivity index (χ3n) is 3.95. The van der Waals surface area contributed by atoms with Gasteiger partial charge in [-0.25, -0.2) is 0 Å². The summed E-state index contributed by atoms with van der Waals surface area (Å²) in [5.74, 6) is 2.50. The Balaban J connectivity index is 2.08. The van der Waals surface area contributed by atoms with Gasteiger partial charge >= 0.3 is 0 Å². The maximum absolute atomic E-state index is 9.80. The van der Waals surface area contributed by atoms with E-state index in [1.165, 1.54) is 23.5 Å². The van der Waals surface area contributed by atoms with Crippen molar-refractivity contribution in [3.63, 3.8) is 0 Å². The molecule has 3 heteroatoms. The number of thioether (sulfide) groups is 1. The standard InChI is InChI=1S/C15H23NOS/c1-15(12-17,13-6-4-3-5-7-13)11-16(2)14-8-9-18-10-14/h3-7,14,17H,8-12H2,1-2H3. The van der Waals surface area contributed by atoms with Crippen LogP contribution in [0.4, 0.5) is 0 Å². The maximum Gasteiger partial charge on any atom is 0.0537 e. The Morgan fingerprint density at radius 2 is 2.11 bits per heavy atom. The second-order valence-corrected chi connectivity index (χ2v) is 6.67. The Labute approximate surface area is 114 Å². The number of likely N-dealkylation sites (N-methyl/N-ethyl adjacent to an activating group) is 1. The lowest BCUT2D eigenvalue weighted by atomic mass is 9.82. The predicted molar refractivity (Wildman–Crippen MR) is 79.2 cm³/mol. The summed E-state index contributed by atoms with van der Waals surface area (Å²) in [5.41, 5.74) is 1.06.